The van der Waals surface area contributed by atoms with Crippen molar-refractivity contribution in [1.29, 1.82) is 0 Å². The van der Waals surface area contributed by atoms with Gasteiger partial charge in [-0.3, -0.25) is 9.78 Å². The topological polar surface area (TPSA) is 58.6 Å². The number of hydrogen-bond donors (Lipinski definition) is 0. The quantitative estimate of drug-likeness (QED) is 0.830. The lowest BCUT2D eigenvalue weighted by molar-refractivity contribution is 0.0135. The van der Waals surface area contributed by atoms with Crippen molar-refractivity contribution in [3.8, 4) is 0 Å². The van der Waals surface area contributed by atoms with Crippen molar-refractivity contribution >= 4 is 11.7 Å². The average molecular weight is 352 g/mol. The van der Waals surface area contributed by atoms with Crippen LogP contribution in [0.5, 0.6) is 0 Å². The summed E-state index contributed by atoms with van der Waals surface area (Å²) in [6.45, 7) is 4.57. The Morgan fingerprint density at radius 2 is 2.08 bits per heavy atom. The summed E-state index contributed by atoms with van der Waals surface area (Å²) in [5.74, 6) is 1.04. The summed E-state index contributed by atoms with van der Waals surface area (Å²) in [6.07, 6.45) is 7.22. The second-order valence-electron chi connectivity index (χ2n) is 7.23. The maximum Gasteiger partial charge on any atom is 0.255 e. The van der Waals surface area contributed by atoms with E-state index in [4.69, 9.17) is 4.74 Å². The number of aromatic nitrogens is 2. The van der Waals surface area contributed by atoms with E-state index in [-0.39, 0.29) is 11.3 Å². The Kier molecular flexibility index (Phi) is 4.84. The highest BCUT2D eigenvalue weighted by molar-refractivity contribution is 5.94. The Labute approximate surface area is 153 Å². The van der Waals surface area contributed by atoms with Gasteiger partial charge in [0.05, 0.1) is 18.8 Å². The first-order valence-corrected chi connectivity index (χ1v) is 9.19. The van der Waals surface area contributed by atoms with Crippen LogP contribution in [-0.2, 0) is 4.74 Å². The molecule has 0 saturated carbocycles. The lowest BCUT2D eigenvalue weighted by Crippen LogP contribution is -2.52. The third-order valence-electron chi connectivity index (χ3n) is 5.27. The minimum atomic E-state index is -0.0514. The van der Waals surface area contributed by atoms with E-state index < -0.39 is 0 Å². The highest BCUT2D eigenvalue weighted by atomic mass is 16.5. The van der Waals surface area contributed by atoms with Crippen molar-refractivity contribution in [3.63, 3.8) is 0 Å². The molecule has 0 aromatic carbocycles. The summed E-state index contributed by atoms with van der Waals surface area (Å²) in [4.78, 5) is 25.7. The largest absolute Gasteiger partial charge is 0.379 e. The van der Waals surface area contributed by atoms with Gasteiger partial charge in [-0.1, -0.05) is 6.07 Å². The van der Waals surface area contributed by atoms with Crippen molar-refractivity contribution in [1.82, 2.24) is 14.9 Å². The van der Waals surface area contributed by atoms with Gasteiger partial charge in [0.2, 0.25) is 0 Å². The molecule has 2 aliphatic rings. The summed E-state index contributed by atoms with van der Waals surface area (Å²) >= 11 is 0. The van der Waals surface area contributed by atoms with Gasteiger partial charge in [-0.05, 0) is 37.1 Å². The minimum absolute atomic E-state index is 0.0514. The molecule has 0 aliphatic carbocycles. The van der Waals surface area contributed by atoms with Crippen molar-refractivity contribution in [2.24, 2.45) is 5.41 Å². The maximum absolute atomic E-state index is 12.9. The maximum atomic E-state index is 12.9. The fourth-order valence-corrected chi connectivity index (χ4v) is 4.03. The van der Waals surface area contributed by atoms with Gasteiger partial charge in [0, 0.05) is 50.2 Å². The van der Waals surface area contributed by atoms with E-state index in [0.29, 0.717) is 25.3 Å². The van der Waals surface area contributed by atoms with Gasteiger partial charge in [0.1, 0.15) is 5.82 Å². The molecule has 0 bridgehead atoms. The monoisotopic (exact) mass is 352 g/mol. The van der Waals surface area contributed by atoms with Crippen LogP contribution in [0.4, 0.5) is 5.82 Å². The molecule has 1 spiro atoms. The van der Waals surface area contributed by atoms with Crippen LogP contribution in [0.25, 0.3) is 0 Å². The lowest BCUT2D eigenvalue weighted by atomic mass is 9.80. The molecule has 1 atom stereocenters. The molecular formula is C20H24N4O2. The summed E-state index contributed by atoms with van der Waals surface area (Å²) in [5.41, 5.74) is 0.602. The van der Waals surface area contributed by atoms with Gasteiger partial charge in [-0.15, -0.1) is 0 Å². The van der Waals surface area contributed by atoms with Crippen LogP contribution in [0.1, 0.15) is 23.2 Å². The van der Waals surface area contributed by atoms with Gasteiger partial charge in [-0.25, -0.2) is 4.98 Å². The molecule has 2 aromatic heterocycles. The average Bonchev–Trinajstić information content (AvgIpc) is 2.91. The number of amides is 1. The molecule has 2 fully saturated rings. The van der Waals surface area contributed by atoms with Gasteiger partial charge in [-0.2, -0.15) is 0 Å². The SMILES string of the molecule is O=C(c1cccnc1)N1CCCC2(COCCN(c3ccccn3)C2)C1. The van der Waals surface area contributed by atoms with Crippen LogP contribution in [0.3, 0.4) is 0 Å². The van der Waals surface area contributed by atoms with Crippen LogP contribution in [0.2, 0.25) is 0 Å². The van der Waals surface area contributed by atoms with E-state index in [0.717, 1.165) is 38.3 Å². The number of nitrogens with zero attached hydrogens (tertiary/aromatic N) is 4. The summed E-state index contributed by atoms with van der Waals surface area (Å²) in [6, 6.07) is 9.63. The third-order valence-corrected chi connectivity index (χ3v) is 5.27. The number of piperidine rings is 1. The third kappa shape index (κ3) is 3.55. The minimum Gasteiger partial charge on any atom is -0.379 e. The molecule has 2 aromatic rings. The number of pyridine rings is 2. The number of anilines is 1. The number of rotatable bonds is 2. The molecule has 0 radical (unpaired) electrons. The summed E-state index contributed by atoms with van der Waals surface area (Å²) in [7, 11) is 0. The highest BCUT2D eigenvalue weighted by Crippen LogP contribution is 2.34. The molecule has 2 aliphatic heterocycles. The van der Waals surface area contributed by atoms with E-state index in [1.807, 2.05) is 41.4 Å². The van der Waals surface area contributed by atoms with Gasteiger partial charge in [0.25, 0.3) is 5.91 Å². The zero-order valence-corrected chi connectivity index (χ0v) is 14.9. The normalized spacial score (nSPS) is 23.7. The Morgan fingerprint density at radius 3 is 2.88 bits per heavy atom. The number of hydrogen-bond acceptors (Lipinski definition) is 5. The van der Waals surface area contributed by atoms with Gasteiger partial charge in [0.15, 0.2) is 0 Å². The standard InChI is InChI=1S/C20H24N4O2/c25-19(17-5-3-8-21-13-17)24-10-4-7-20(15-24)14-23(11-12-26-16-20)18-6-1-2-9-22-18/h1-3,5-6,8-9,13H,4,7,10-12,14-16H2. The summed E-state index contributed by atoms with van der Waals surface area (Å²) in [5, 5.41) is 0. The van der Waals surface area contributed by atoms with Crippen molar-refractivity contribution in [2.75, 3.05) is 44.3 Å². The van der Waals surface area contributed by atoms with Crippen LogP contribution in [-0.4, -0.2) is 60.2 Å². The predicted octanol–water partition coefficient (Wildman–Crippen LogP) is 2.24. The molecule has 4 rings (SSSR count). The smallest absolute Gasteiger partial charge is 0.255 e. The highest BCUT2D eigenvalue weighted by Gasteiger charge is 2.40. The van der Waals surface area contributed by atoms with Gasteiger partial charge < -0.3 is 14.5 Å². The van der Waals surface area contributed by atoms with E-state index >= 15 is 0 Å². The lowest BCUT2D eigenvalue weighted by Gasteiger charge is -2.43. The van der Waals surface area contributed by atoms with Crippen molar-refractivity contribution < 1.29 is 9.53 Å². The molecule has 0 N–H and O–H groups in total. The fraction of sp³-hybridized carbons (Fsp3) is 0.450. The molecule has 26 heavy (non-hydrogen) atoms. The van der Waals surface area contributed by atoms with E-state index in [9.17, 15) is 4.79 Å². The zero-order chi connectivity index (χ0) is 17.8. The number of carbonyl (C=O) groups excluding carboxylic acids is 1. The predicted molar refractivity (Wildman–Crippen MR) is 99.1 cm³/mol. The van der Waals surface area contributed by atoms with Gasteiger partial charge >= 0.3 is 0 Å². The van der Waals surface area contributed by atoms with Crippen LogP contribution in [0, 0.1) is 5.41 Å². The van der Waals surface area contributed by atoms with Crippen LogP contribution >= 0.6 is 0 Å². The van der Waals surface area contributed by atoms with Crippen molar-refractivity contribution in [3.05, 3.63) is 54.5 Å². The first kappa shape index (κ1) is 17.0. The van der Waals surface area contributed by atoms with E-state index in [1.54, 1.807) is 12.4 Å². The Morgan fingerprint density at radius 1 is 1.12 bits per heavy atom. The van der Waals surface area contributed by atoms with E-state index in [1.165, 1.54) is 0 Å². The second-order valence-corrected chi connectivity index (χ2v) is 7.23. The first-order valence-electron chi connectivity index (χ1n) is 9.19. The Balaban J connectivity index is 1.53. The molecule has 6 nitrogen and oxygen atoms in total. The molecule has 6 heteroatoms. The van der Waals surface area contributed by atoms with Crippen LogP contribution < -0.4 is 4.90 Å². The van der Waals surface area contributed by atoms with Crippen molar-refractivity contribution in [2.45, 2.75) is 12.8 Å². The molecule has 2 saturated heterocycles. The number of carbonyl (C=O) groups is 1. The molecule has 4 heterocycles. The zero-order valence-electron chi connectivity index (χ0n) is 14.9. The fourth-order valence-electron chi connectivity index (χ4n) is 4.03. The molecular weight excluding hydrogens is 328 g/mol. The van der Waals surface area contributed by atoms with E-state index in [2.05, 4.69) is 14.9 Å². The first-order chi connectivity index (χ1) is 12.8. The molecule has 1 amide bonds. The number of ether oxygens (including phenoxy) is 1. The molecule has 136 valence electrons. The number of likely N-dealkylation sites (tertiary alicyclic amines) is 1. The Hall–Kier alpha value is -2.47. The van der Waals surface area contributed by atoms with Crippen LogP contribution in [0.15, 0.2) is 48.9 Å². The Bertz CT molecular complexity index is 740. The second kappa shape index (κ2) is 7.41. The molecule has 1 unspecified atom stereocenters. The summed E-state index contributed by atoms with van der Waals surface area (Å²) < 4.78 is 5.95.